The topological polar surface area (TPSA) is 68.5 Å². The molecule has 0 fully saturated rings. The van der Waals surface area contributed by atoms with Crippen molar-refractivity contribution in [1.82, 2.24) is 5.32 Å². The van der Waals surface area contributed by atoms with E-state index in [-0.39, 0.29) is 24.3 Å². The molecule has 0 radical (unpaired) electrons. The predicted molar refractivity (Wildman–Crippen MR) is 87.0 cm³/mol. The van der Waals surface area contributed by atoms with Gasteiger partial charge in [-0.2, -0.15) is 0 Å². The molecule has 1 amide bonds. The van der Waals surface area contributed by atoms with Crippen LogP contribution in [0, 0.1) is 0 Å². The second kappa shape index (κ2) is 7.00. The number of esters is 1. The van der Waals surface area contributed by atoms with Gasteiger partial charge in [-0.05, 0) is 58.5 Å². The Morgan fingerprint density at radius 2 is 2.09 bits per heavy atom. The van der Waals surface area contributed by atoms with Crippen LogP contribution in [-0.4, -0.2) is 18.5 Å². The van der Waals surface area contributed by atoms with Crippen LogP contribution in [0.1, 0.15) is 40.6 Å². The molecule has 1 aliphatic rings. The molecule has 3 rings (SSSR count). The summed E-state index contributed by atoms with van der Waals surface area (Å²) >= 11 is 3.11. The van der Waals surface area contributed by atoms with Crippen LogP contribution in [0.3, 0.4) is 0 Å². The van der Waals surface area contributed by atoms with E-state index in [4.69, 9.17) is 9.15 Å². The molecule has 23 heavy (non-hydrogen) atoms. The minimum atomic E-state index is -0.658. The molecule has 1 aliphatic carbocycles. The van der Waals surface area contributed by atoms with Gasteiger partial charge in [-0.15, -0.1) is 0 Å². The number of carbonyl (C=O) groups is 2. The number of benzene rings is 1. The Bertz CT molecular complexity index is 725. The first-order valence-electron chi connectivity index (χ1n) is 7.43. The van der Waals surface area contributed by atoms with Crippen molar-refractivity contribution in [2.45, 2.75) is 25.3 Å². The van der Waals surface area contributed by atoms with Gasteiger partial charge < -0.3 is 14.5 Å². The van der Waals surface area contributed by atoms with E-state index < -0.39 is 5.97 Å². The lowest BCUT2D eigenvalue weighted by Gasteiger charge is -2.26. The van der Waals surface area contributed by atoms with Gasteiger partial charge in [-0.3, -0.25) is 4.79 Å². The van der Waals surface area contributed by atoms with Gasteiger partial charge in [0, 0.05) is 0 Å². The first kappa shape index (κ1) is 15.8. The Kier molecular flexibility index (Phi) is 4.81. The van der Waals surface area contributed by atoms with Gasteiger partial charge in [-0.25, -0.2) is 4.79 Å². The maximum atomic E-state index is 12.0. The zero-order chi connectivity index (χ0) is 16.2. The van der Waals surface area contributed by atoms with Gasteiger partial charge in [0.05, 0.1) is 6.04 Å². The standard InChI is InChI=1S/C17H16BrNO4/c18-15-9-8-14(23-15)17(21)22-10-16(20)19-13-7-3-5-11-4-1-2-6-12(11)13/h1-2,4,6,8-9,13H,3,5,7,10H2,(H,19,20)/t13-/m1/s1. The van der Waals surface area contributed by atoms with Crippen molar-refractivity contribution in [1.29, 1.82) is 0 Å². The second-order valence-electron chi connectivity index (χ2n) is 5.39. The molecule has 1 atom stereocenters. The third kappa shape index (κ3) is 3.82. The zero-order valence-corrected chi connectivity index (χ0v) is 14.0. The molecular weight excluding hydrogens is 362 g/mol. The van der Waals surface area contributed by atoms with Gasteiger partial charge in [0.15, 0.2) is 11.3 Å². The van der Waals surface area contributed by atoms with Crippen LogP contribution in [0.4, 0.5) is 0 Å². The van der Waals surface area contributed by atoms with E-state index in [9.17, 15) is 9.59 Å². The molecular formula is C17H16BrNO4. The van der Waals surface area contributed by atoms with E-state index in [1.807, 2.05) is 18.2 Å². The van der Waals surface area contributed by atoms with Crippen LogP contribution < -0.4 is 5.32 Å². The molecule has 6 heteroatoms. The number of hydrogen-bond donors (Lipinski definition) is 1. The highest BCUT2D eigenvalue weighted by Gasteiger charge is 2.22. The predicted octanol–water partition coefficient (Wildman–Crippen LogP) is 3.39. The third-order valence-electron chi connectivity index (χ3n) is 3.81. The van der Waals surface area contributed by atoms with E-state index >= 15 is 0 Å². The third-order valence-corrected chi connectivity index (χ3v) is 4.24. The van der Waals surface area contributed by atoms with Crippen LogP contribution >= 0.6 is 15.9 Å². The molecule has 1 heterocycles. The fraction of sp³-hybridized carbons (Fsp3) is 0.294. The number of ether oxygens (including phenoxy) is 1. The normalized spacial score (nSPS) is 16.5. The Morgan fingerprint density at radius 3 is 2.87 bits per heavy atom. The second-order valence-corrected chi connectivity index (χ2v) is 6.17. The van der Waals surface area contributed by atoms with E-state index in [0.717, 1.165) is 24.8 Å². The zero-order valence-electron chi connectivity index (χ0n) is 12.4. The summed E-state index contributed by atoms with van der Waals surface area (Å²) in [6, 6.07) is 11.2. The molecule has 2 aromatic rings. The highest BCUT2D eigenvalue weighted by atomic mass is 79.9. The summed E-state index contributed by atoms with van der Waals surface area (Å²) in [7, 11) is 0. The average Bonchev–Trinajstić information content (AvgIpc) is 2.99. The Morgan fingerprint density at radius 1 is 1.26 bits per heavy atom. The molecule has 0 spiro atoms. The number of furan rings is 1. The molecule has 0 saturated heterocycles. The molecule has 0 bridgehead atoms. The Hall–Kier alpha value is -2.08. The molecule has 0 saturated carbocycles. The number of hydrogen-bond acceptors (Lipinski definition) is 4. The molecule has 0 unspecified atom stereocenters. The number of aryl methyl sites for hydroxylation is 1. The number of amides is 1. The molecule has 1 N–H and O–H groups in total. The van der Waals surface area contributed by atoms with Gasteiger partial charge in [0.25, 0.3) is 5.91 Å². The first-order valence-corrected chi connectivity index (χ1v) is 8.22. The highest BCUT2D eigenvalue weighted by molar-refractivity contribution is 9.10. The number of rotatable bonds is 4. The maximum Gasteiger partial charge on any atom is 0.374 e. The summed E-state index contributed by atoms with van der Waals surface area (Å²) in [5, 5.41) is 2.93. The lowest BCUT2D eigenvalue weighted by atomic mass is 9.88. The van der Waals surface area contributed by atoms with Gasteiger partial charge in [0.2, 0.25) is 5.76 Å². The fourth-order valence-electron chi connectivity index (χ4n) is 2.77. The summed E-state index contributed by atoms with van der Waals surface area (Å²) in [6.45, 7) is -0.324. The lowest BCUT2D eigenvalue weighted by Crippen LogP contribution is -2.34. The van der Waals surface area contributed by atoms with Crippen LogP contribution in [0.5, 0.6) is 0 Å². The molecule has 1 aromatic heterocycles. The van der Waals surface area contributed by atoms with E-state index in [1.54, 1.807) is 6.07 Å². The molecule has 1 aromatic carbocycles. The first-order chi connectivity index (χ1) is 11.1. The Labute approximate surface area is 142 Å². The average molecular weight is 378 g/mol. The minimum absolute atomic E-state index is 0.0242. The quantitative estimate of drug-likeness (QED) is 0.829. The van der Waals surface area contributed by atoms with Crippen LogP contribution in [0.25, 0.3) is 0 Å². The van der Waals surface area contributed by atoms with Crippen molar-refractivity contribution >= 4 is 27.8 Å². The van der Waals surface area contributed by atoms with E-state index in [0.29, 0.717) is 4.67 Å². The summed E-state index contributed by atoms with van der Waals surface area (Å²) in [6.07, 6.45) is 2.95. The smallest absolute Gasteiger partial charge is 0.374 e. The fourth-order valence-corrected chi connectivity index (χ4v) is 3.07. The van der Waals surface area contributed by atoms with Crippen molar-refractivity contribution in [3.8, 4) is 0 Å². The number of carbonyl (C=O) groups excluding carboxylic acids is 2. The van der Waals surface area contributed by atoms with Crippen LogP contribution in [0.15, 0.2) is 45.5 Å². The summed E-state index contributed by atoms with van der Waals surface area (Å²) in [5.41, 5.74) is 2.41. The van der Waals surface area contributed by atoms with Gasteiger partial charge >= 0.3 is 5.97 Å². The van der Waals surface area contributed by atoms with Crippen LogP contribution in [-0.2, 0) is 16.0 Å². The van der Waals surface area contributed by atoms with E-state index in [2.05, 4.69) is 27.3 Å². The summed E-state index contributed by atoms with van der Waals surface area (Å²) in [4.78, 5) is 23.8. The van der Waals surface area contributed by atoms with Crippen LogP contribution in [0.2, 0.25) is 0 Å². The van der Waals surface area contributed by atoms with Crippen molar-refractivity contribution in [2.24, 2.45) is 0 Å². The molecule has 5 nitrogen and oxygen atoms in total. The molecule has 120 valence electrons. The number of halogens is 1. The minimum Gasteiger partial charge on any atom is -0.450 e. The van der Waals surface area contributed by atoms with Gasteiger partial charge in [0.1, 0.15) is 0 Å². The largest absolute Gasteiger partial charge is 0.450 e. The number of nitrogens with one attached hydrogen (secondary N) is 1. The van der Waals surface area contributed by atoms with E-state index in [1.165, 1.54) is 11.6 Å². The van der Waals surface area contributed by atoms with Crippen molar-refractivity contribution in [3.63, 3.8) is 0 Å². The Balaban J connectivity index is 1.55. The summed E-state index contributed by atoms with van der Waals surface area (Å²) < 4.78 is 10.5. The van der Waals surface area contributed by atoms with Crippen molar-refractivity contribution in [2.75, 3.05) is 6.61 Å². The lowest BCUT2D eigenvalue weighted by molar-refractivity contribution is -0.125. The highest BCUT2D eigenvalue weighted by Crippen LogP contribution is 2.29. The van der Waals surface area contributed by atoms with Crippen molar-refractivity contribution < 1.29 is 18.7 Å². The number of fused-ring (bicyclic) bond motifs is 1. The summed E-state index contributed by atoms with van der Waals surface area (Å²) in [5.74, 6) is -0.909. The maximum absolute atomic E-state index is 12.0. The SMILES string of the molecule is O=C(COC(=O)c1ccc(Br)o1)N[C@@H]1CCCc2ccccc21. The van der Waals surface area contributed by atoms with Crippen molar-refractivity contribution in [3.05, 3.63) is 58.0 Å². The monoisotopic (exact) mass is 377 g/mol. The molecule has 0 aliphatic heterocycles. The van der Waals surface area contributed by atoms with Gasteiger partial charge in [-0.1, -0.05) is 24.3 Å².